The molecule has 1 saturated carbocycles. The van der Waals surface area contributed by atoms with Gasteiger partial charge < -0.3 is 20.3 Å². The van der Waals surface area contributed by atoms with Crippen molar-refractivity contribution in [3.63, 3.8) is 0 Å². The minimum atomic E-state index is -0.570. The maximum atomic E-state index is 13.3. The van der Waals surface area contributed by atoms with E-state index in [2.05, 4.69) is 28.6 Å². The lowest BCUT2D eigenvalue weighted by atomic mass is 9.98. The third-order valence-electron chi connectivity index (χ3n) is 7.01. The third kappa shape index (κ3) is 6.18. The van der Waals surface area contributed by atoms with E-state index in [1.54, 1.807) is 30.5 Å². The minimum Gasteiger partial charge on any atom is -0.485 e. The van der Waals surface area contributed by atoms with Gasteiger partial charge in [0.2, 0.25) is 11.8 Å². The van der Waals surface area contributed by atoms with Gasteiger partial charge in [-0.1, -0.05) is 49.4 Å². The second-order valence-corrected chi connectivity index (χ2v) is 10.0. The van der Waals surface area contributed by atoms with Crippen molar-refractivity contribution in [2.45, 2.75) is 37.8 Å². The lowest BCUT2D eigenvalue weighted by Gasteiger charge is -2.39. The molecular formula is C30H31N5O3. The molecule has 8 heteroatoms. The molecule has 3 aromatic rings. The van der Waals surface area contributed by atoms with Crippen LogP contribution in [-0.2, 0) is 9.59 Å². The minimum absolute atomic E-state index is 0.0234. The summed E-state index contributed by atoms with van der Waals surface area (Å²) in [5.41, 5.74) is 2.57. The third-order valence-corrected chi connectivity index (χ3v) is 7.01. The van der Waals surface area contributed by atoms with Gasteiger partial charge in [-0.25, -0.2) is 4.98 Å². The lowest BCUT2D eigenvalue weighted by Crippen LogP contribution is -2.56. The van der Waals surface area contributed by atoms with E-state index >= 15 is 0 Å². The summed E-state index contributed by atoms with van der Waals surface area (Å²) in [4.78, 5) is 31.6. The molecule has 1 aliphatic heterocycles. The van der Waals surface area contributed by atoms with Crippen LogP contribution in [0.25, 0.3) is 0 Å². The van der Waals surface area contributed by atoms with Crippen LogP contribution < -0.4 is 15.4 Å². The van der Waals surface area contributed by atoms with Crippen LogP contribution in [0.4, 0.5) is 5.82 Å². The second kappa shape index (κ2) is 11.4. The summed E-state index contributed by atoms with van der Waals surface area (Å²) < 4.78 is 5.93. The Hall–Kier alpha value is -4.22. The van der Waals surface area contributed by atoms with Crippen LogP contribution in [0.2, 0.25) is 0 Å². The van der Waals surface area contributed by atoms with Gasteiger partial charge in [-0.15, -0.1) is 0 Å². The number of carbonyl (C=O) groups excluding carboxylic acids is 2. The molecule has 2 N–H and O–H groups in total. The first-order valence-corrected chi connectivity index (χ1v) is 13.0. The summed E-state index contributed by atoms with van der Waals surface area (Å²) in [6.45, 7) is 3.87. The molecule has 194 valence electrons. The molecule has 2 aliphatic rings. The number of amides is 2. The summed E-state index contributed by atoms with van der Waals surface area (Å²) in [6.07, 6.45) is 3.59. The van der Waals surface area contributed by atoms with E-state index in [9.17, 15) is 9.59 Å². The Balaban J connectivity index is 1.17. The Kier molecular flexibility index (Phi) is 7.66. The quantitative estimate of drug-likeness (QED) is 0.427. The smallest absolute Gasteiger partial charge is 0.247 e. The number of benzene rings is 2. The normalized spacial score (nSPS) is 16.6. The summed E-state index contributed by atoms with van der Waals surface area (Å²) in [6, 6.07) is 22.2. The monoisotopic (exact) mass is 509 g/mol. The van der Waals surface area contributed by atoms with Crippen LogP contribution in [0.5, 0.6) is 5.75 Å². The molecule has 2 heterocycles. The molecular weight excluding hydrogens is 478 g/mol. The summed E-state index contributed by atoms with van der Waals surface area (Å²) in [5, 5.41) is 15.3. The molecule has 2 fully saturated rings. The van der Waals surface area contributed by atoms with E-state index in [0.717, 1.165) is 24.0 Å². The summed E-state index contributed by atoms with van der Waals surface area (Å²) in [7, 11) is 0. The van der Waals surface area contributed by atoms with Crippen molar-refractivity contribution < 1.29 is 14.3 Å². The predicted octanol–water partition coefficient (Wildman–Crippen LogP) is 4.03. The number of hydrogen-bond donors (Lipinski definition) is 2. The van der Waals surface area contributed by atoms with Gasteiger partial charge in [-0.05, 0) is 54.2 Å². The highest BCUT2D eigenvalue weighted by Crippen LogP contribution is 2.33. The van der Waals surface area contributed by atoms with E-state index in [4.69, 9.17) is 10.00 Å². The summed E-state index contributed by atoms with van der Waals surface area (Å²) >= 11 is 0. The van der Waals surface area contributed by atoms with Crippen LogP contribution >= 0.6 is 0 Å². The van der Waals surface area contributed by atoms with Gasteiger partial charge >= 0.3 is 0 Å². The molecule has 1 aliphatic carbocycles. The van der Waals surface area contributed by atoms with Crippen LogP contribution in [0, 0.1) is 17.2 Å². The van der Waals surface area contributed by atoms with Crippen LogP contribution in [-0.4, -0.2) is 47.4 Å². The Morgan fingerprint density at radius 2 is 1.79 bits per heavy atom. The number of pyridine rings is 1. The molecule has 0 unspecified atom stereocenters. The van der Waals surface area contributed by atoms with E-state index in [1.807, 2.05) is 47.4 Å². The Labute approximate surface area is 222 Å². The summed E-state index contributed by atoms with van der Waals surface area (Å²) in [5.74, 6) is 1.45. The number of likely N-dealkylation sites (tertiary alicyclic amines) is 1. The first-order valence-electron chi connectivity index (χ1n) is 13.0. The molecule has 1 saturated heterocycles. The van der Waals surface area contributed by atoms with Gasteiger partial charge in [0.05, 0.1) is 30.9 Å². The number of ether oxygens (including phenoxy) is 1. The fourth-order valence-corrected chi connectivity index (χ4v) is 4.50. The van der Waals surface area contributed by atoms with Crippen molar-refractivity contribution in [1.29, 1.82) is 5.26 Å². The number of carbonyl (C=O) groups is 2. The van der Waals surface area contributed by atoms with Crippen molar-refractivity contribution in [2.24, 2.45) is 5.92 Å². The maximum absolute atomic E-state index is 13.3. The van der Waals surface area contributed by atoms with Gasteiger partial charge in [0.1, 0.15) is 23.7 Å². The van der Waals surface area contributed by atoms with Crippen molar-refractivity contribution in [3.8, 4) is 11.8 Å². The fourth-order valence-electron chi connectivity index (χ4n) is 4.50. The van der Waals surface area contributed by atoms with Crippen LogP contribution in [0.15, 0.2) is 72.9 Å². The zero-order chi connectivity index (χ0) is 26.5. The number of nitrogens with one attached hydrogen (secondary N) is 2. The van der Waals surface area contributed by atoms with Gasteiger partial charge in [-0.2, -0.15) is 5.26 Å². The van der Waals surface area contributed by atoms with Crippen molar-refractivity contribution >= 4 is 17.6 Å². The predicted molar refractivity (Wildman–Crippen MR) is 143 cm³/mol. The Morgan fingerprint density at radius 3 is 2.42 bits per heavy atom. The molecule has 1 aromatic heterocycles. The topological polar surface area (TPSA) is 107 Å². The highest BCUT2D eigenvalue weighted by atomic mass is 16.5. The second-order valence-electron chi connectivity index (χ2n) is 10.0. The number of hydrogen-bond acceptors (Lipinski definition) is 6. The number of aromatic nitrogens is 1. The van der Waals surface area contributed by atoms with Crippen molar-refractivity contribution in [3.05, 3.63) is 89.6 Å². The van der Waals surface area contributed by atoms with Crippen molar-refractivity contribution in [2.75, 3.05) is 25.0 Å². The lowest BCUT2D eigenvalue weighted by molar-refractivity contribution is -0.141. The standard InChI is InChI=1S/C30H31N5O3/c1-20(22-9-7-21(15-31)8-10-22)16-33-28(23-5-3-2-4-6-23)29(36)34-27-14-13-25(17-32-27)38-26-18-35(19-26)30(37)24-11-12-24/h2-10,13-14,17,20,24,26,28,33H,11-12,16,18-19H2,1H3,(H,32,34,36)/t20-,28+/m1/s1. The van der Waals surface area contributed by atoms with Gasteiger partial charge in [0.25, 0.3) is 0 Å². The van der Waals surface area contributed by atoms with Gasteiger partial charge in [0, 0.05) is 12.5 Å². The zero-order valence-corrected chi connectivity index (χ0v) is 21.3. The van der Waals surface area contributed by atoms with E-state index in [-0.39, 0.29) is 29.8 Å². The molecule has 0 radical (unpaired) electrons. The molecule has 2 atom stereocenters. The van der Waals surface area contributed by atoms with Gasteiger partial charge in [-0.3, -0.25) is 9.59 Å². The Bertz CT molecular complexity index is 1290. The molecule has 0 spiro atoms. The average Bonchev–Trinajstić information content (AvgIpc) is 3.77. The van der Waals surface area contributed by atoms with Crippen LogP contribution in [0.1, 0.15) is 48.4 Å². The molecule has 2 aromatic carbocycles. The van der Waals surface area contributed by atoms with Gasteiger partial charge in [0.15, 0.2) is 0 Å². The fraction of sp³-hybridized carbons (Fsp3) is 0.333. The van der Waals surface area contributed by atoms with E-state index < -0.39 is 6.04 Å². The maximum Gasteiger partial charge on any atom is 0.247 e. The SMILES string of the molecule is C[C@H](CN[C@H](C(=O)Nc1ccc(OC2CN(C(=O)C3CC3)C2)cn1)c1ccccc1)c1ccc(C#N)cc1. The number of nitrogens with zero attached hydrogens (tertiary/aromatic N) is 3. The van der Waals surface area contributed by atoms with Crippen molar-refractivity contribution in [1.82, 2.24) is 15.2 Å². The van der Waals surface area contributed by atoms with E-state index in [1.165, 1.54) is 0 Å². The molecule has 0 bridgehead atoms. The first-order chi connectivity index (χ1) is 18.5. The van der Waals surface area contributed by atoms with E-state index in [0.29, 0.717) is 36.8 Å². The average molecular weight is 510 g/mol. The number of nitriles is 1. The first kappa shape index (κ1) is 25.4. The largest absolute Gasteiger partial charge is 0.485 e. The highest BCUT2D eigenvalue weighted by molar-refractivity contribution is 5.94. The highest BCUT2D eigenvalue weighted by Gasteiger charge is 2.40. The van der Waals surface area contributed by atoms with Crippen LogP contribution in [0.3, 0.4) is 0 Å². The molecule has 38 heavy (non-hydrogen) atoms. The number of rotatable bonds is 10. The Morgan fingerprint density at radius 1 is 1.05 bits per heavy atom. The molecule has 8 nitrogen and oxygen atoms in total. The number of anilines is 1. The zero-order valence-electron chi connectivity index (χ0n) is 21.3. The molecule has 5 rings (SSSR count). The molecule has 2 amide bonds.